The number of nitrogens with zero attached hydrogens (tertiary/aromatic N) is 4. The number of aromatic nitrogens is 3. The molecule has 0 aliphatic carbocycles. The SMILES string of the molecule is N#C/C(=C\c1c(Oc2ccccc2F)nc2ccccn2c1=O)c1nc2ccccc2s1. The fraction of sp³-hybridized carbons (Fsp3) is 0. The summed E-state index contributed by atoms with van der Waals surface area (Å²) in [6.07, 6.45) is 2.96. The molecule has 3 heterocycles. The normalized spacial score (nSPS) is 11.6. The fourth-order valence-corrected chi connectivity index (χ4v) is 4.12. The van der Waals surface area contributed by atoms with Crippen molar-refractivity contribution in [2.24, 2.45) is 0 Å². The van der Waals surface area contributed by atoms with Gasteiger partial charge in [-0.05, 0) is 42.5 Å². The van der Waals surface area contributed by atoms with Gasteiger partial charge in [-0.2, -0.15) is 10.2 Å². The lowest BCUT2D eigenvalue weighted by molar-refractivity contribution is 0.426. The van der Waals surface area contributed by atoms with Gasteiger partial charge >= 0.3 is 0 Å². The van der Waals surface area contributed by atoms with Gasteiger partial charge in [0.25, 0.3) is 5.56 Å². The quantitative estimate of drug-likeness (QED) is 0.354. The third-order valence-corrected chi connectivity index (χ3v) is 5.78. The first-order chi connectivity index (χ1) is 15.6. The Kier molecular flexibility index (Phi) is 4.94. The molecule has 32 heavy (non-hydrogen) atoms. The van der Waals surface area contributed by atoms with Gasteiger partial charge in [0, 0.05) is 6.20 Å². The molecule has 0 fully saturated rings. The van der Waals surface area contributed by atoms with Crippen LogP contribution in [0.2, 0.25) is 0 Å². The van der Waals surface area contributed by atoms with Crippen molar-refractivity contribution in [3.05, 3.63) is 99.7 Å². The highest BCUT2D eigenvalue weighted by atomic mass is 32.1. The number of halogens is 1. The summed E-state index contributed by atoms with van der Waals surface area (Å²) in [4.78, 5) is 22.2. The maximum Gasteiger partial charge on any atom is 0.269 e. The second kappa shape index (κ2) is 8.06. The maximum absolute atomic E-state index is 14.2. The van der Waals surface area contributed by atoms with Crippen LogP contribution >= 0.6 is 11.3 Å². The Bertz CT molecular complexity index is 1580. The largest absolute Gasteiger partial charge is 0.435 e. The van der Waals surface area contributed by atoms with Crippen molar-refractivity contribution in [1.82, 2.24) is 14.4 Å². The fourth-order valence-electron chi connectivity index (χ4n) is 3.19. The molecule has 0 aliphatic rings. The predicted octanol–water partition coefficient (Wildman–Crippen LogP) is 5.30. The van der Waals surface area contributed by atoms with Crippen LogP contribution in [0.1, 0.15) is 10.6 Å². The average molecular weight is 440 g/mol. The van der Waals surface area contributed by atoms with E-state index in [-0.39, 0.29) is 22.8 Å². The Balaban J connectivity index is 1.72. The van der Waals surface area contributed by atoms with Crippen molar-refractivity contribution in [1.29, 1.82) is 5.26 Å². The minimum Gasteiger partial charge on any atom is -0.435 e. The number of nitriles is 1. The number of ether oxygens (including phenoxy) is 1. The number of benzene rings is 2. The van der Waals surface area contributed by atoms with Gasteiger partial charge in [0.1, 0.15) is 22.3 Å². The molecule has 0 saturated heterocycles. The molecule has 0 bridgehead atoms. The molecule has 0 aliphatic heterocycles. The minimum atomic E-state index is -0.593. The van der Waals surface area contributed by atoms with Gasteiger partial charge in [0.15, 0.2) is 11.6 Å². The molecular formula is C24H13FN4O2S. The standard InChI is InChI=1S/C24H13FN4O2S/c25-17-7-1-3-9-19(17)31-22-16(24(30)29-12-6-5-11-21(29)28-22)13-15(14-26)23-27-18-8-2-4-10-20(18)32-23/h1-13H/b15-13+. The summed E-state index contributed by atoms with van der Waals surface area (Å²) in [7, 11) is 0. The first-order valence-corrected chi connectivity index (χ1v) is 10.4. The Morgan fingerprint density at radius 1 is 1.06 bits per heavy atom. The van der Waals surface area contributed by atoms with E-state index in [2.05, 4.69) is 16.0 Å². The Hall–Kier alpha value is -4.35. The third kappa shape index (κ3) is 3.51. The number of rotatable bonds is 4. The molecule has 0 amide bonds. The maximum atomic E-state index is 14.2. The highest BCUT2D eigenvalue weighted by Crippen LogP contribution is 2.30. The van der Waals surface area contributed by atoms with Gasteiger partial charge in [0.2, 0.25) is 5.88 Å². The second-order valence-electron chi connectivity index (χ2n) is 6.75. The first-order valence-electron chi connectivity index (χ1n) is 9.55. The number of thiazole rings is 1. The number of pyridine rings is 1. The topological polar surface area (TPSA) is 80.3 Å². The first kappa shape index (κ1) is 19.6. The van der Waals surface area contributed by atoms with Crippen LogP contribution in [0.3, 0.4) is 0 Å². The van der Waals surface area contributed by atoms with Crippen LogP contribution in [0.5, 0.6) is 11.6 Å². The van der Waals surface area contributed by atoms with Crippen molar-refractivity contribution in [3.63, 3.8) is 0 Å². The second-order valence-corrected chi connectivity index (χ2v) is 7.78. The van der Waals surface area contributed by atoms with Crippen molar-refractivity contribution < 1.29 is 9.13 Å². The van der Waals surface area contributed by atoms with Crippen LogP contribution in [0.15, 0.2) is 77.7 Å². The smallest absolute Gasteiger partial charge is 0.269 e. The molecule has 0 atom stereocenters. The van der Waals surface area contributed by atoms with Crippen LogP contribution < -0.4 is 10.3 Å². The van der Waals surface area contributed by atoms with Gasteiger partial charge in [-0.3, -0.25) is 9.20 Å². The number of hydrogen-bond acceptors (Lipinski definition) is 6. The molecule has 0 radical (unpaired) electrons. The van der Waals surface area contributed by atoms with E-state index in [9.17, 15) is 14.4 Å². The molecule has 0 unspecified atom stereocenters. The summed E-state index contributed by atoms with van der Waals surface area (Å²) in [5.74, 6) is -0.767. The van der Waals surface area contributed by atoms with Crippen molar-refractivity contribution in [2.75, 3.05) is 0 Å². The summed E-state index contributed by atoms with van der Waals surface area (Å²) in [6, 6.07) is 20.5. The van der Waals surface area contributed by atoms with Gasteiger partial charge in [-0.1, -0.05) is 30.3 Å². The Morgan fingerprint density at radius 2 is 1.84 bits per heavy atom. The zero-order chi connectivity index (χ0) is 22.1. The highest BCUT2D eigenvalue weighted by molar-refractivity contribution is 7.19. The highest BCUT2D eigenvalue weighted by Gasteiger charge is 2.17. The van der Waals surface area contributed by atoms with Crippen molar-refractivity contribution >= 4 is 38.8 Å². The van der Waals surface area contributed by atoms with Gasteiger partial charge in [-0.15, -0.1) is 11.3 Å². The third-order valence-electron chi connectivity index (χ3n) is 4.71. The lowest BCUT2D eigenvalue weighted by Gasteiger charge is -2.10. The van der Waals surface area contributed by atoms with E-state index in [1.54, 1.807) is 30.5 Å². The van der Waals surface area contributed by atoms with Crippen LogP contribution in [-0.4, -0.2) is 14.4 Å². The molecule has 0 N–H and O–H groups in total. The van der Waals surface area contributed by atoms with Gasteiger partial charge in [-0.25, -0.2) is 9.37 Å². The average Bonchev–Trinajstić information content (AvgIpc) is 3.24. The summed E-state index contributed by atoms with van der Waals surface area (Å²) in [6.45, 7) is 0. The van der Waals surface area contributed by atoms with Crippen LogP contribution in [0.4, 0.5) is 4.39 Å². The molecule has 0 spiro atoms. The predicted molar refractivity (Wildman–Crippen MR) is 121 cm³/mol. The van der Waals surface area contributed by atoms with Crippen LogP contribution in [0, 0.1) is 17.1 Å². The van der Waals surface area contributed by atoms with E-state index in [4.69, 9.17) is 4.74 Å². The molecule has 6 nitrogen and oxygen atoms in total. The number of para-hydroxylation sites is 2. The van der Waals surface area contributed by atoms with E-state index in [0.717, 1.165) is 10.2 Å². The summed E-state index contributed by atoms with van der Waals surface area (Å²) in [5, 5.41) is 10.3. The van der Waals surface area contributed by atoms with E-state index in [1.807, 2.05) is 24.3 Å². The molecule has 154 valence electrons. The summed E-state index contributed by atoms with van der Waals surface area (Å²) < 4.78 is 22.2. The van der Waals surface area contributed by atoms with Gasteiger partial charge < -0.3 is 4.74 Å². The Labute approximate surface area is 185 Å². The molecule has 5 rings (SSSR count). The number of hydrogen-bond donors (Lipinski definition) is 0. The van der Waals surface area contributed by atoms with Gasteiger partial charge in [0.05, 0.1) is 15.8 Å². The van der Waals surface area contributed by atoms with Crippen LogP contribution in [-0.2, 0) is 0 Å². The number of allylic oxidation sites excluding steroid dienone is 1. The lowest BCUT2D eigenvalue weighted by Crippen LogP contribution is -2.18. The lowest BCUT2D eigenvalue weighted by atomic mass is 10.2. The zero-order valence-electron chi connectivity index (χ0n) is 16.4. The molecule has 3 aromatic heterocycles. The van der Waals surface area contributed by atoms with E-state index >= 15 is 0 Å². The number of fused-ring (bicyclic) bond motifs is 2. The zero-order valence-corrected chi connectivity index (χ0v) is 17.2. The minimum absolute atomic E-state index is 0.0211. The van der Waals surface area contributed by atoms with E-state index < -0.39 is 11.4 Å². The van der Waals surface area contributed by atoms with Crippen molar-refractivity contribution in [3.8, 4) is 17.7 Å². The molecule has 8 heteroatoms. The van der Waals surface area contributed by atoms with E-state index in [1.165, 1.54) is 40.0 Å². The molecule has 5 aromatic rings. The molecule has 0 saturated carbocycles. The monoisotopic (exact) mass is 440 g/mol. The van der Waals surface area contributed by atoms with E-state index in [0.29, 0.717) is 10.7 Å². The molecular weight excluding hydrogens is 427 g/mol. The Morgan fingerprint density at radius 3 is 2.66 bits per heavy atom. The summed E-state index contributed by atoms with van der Waals surface area (Å²) >= 11 is 1.34. The molecule has 2 aromatic carbocycles. The van der Waals surface area contributed by atoms with Crippen LogP contribution in [0.25, 0.3) is 27.5 Å². The summed E-state index contributed by atoms with van der Waals surface area (Å²) in [5.41, 5.74) is 0.840. The van der Waals surface area contributed by atoms with Crippen molar-refractivity contribution in [2.45, 2.75) is 0 Å².